The summed E-state index contributed by atoms with van der Waals surface area (Å²) in [6, 6.07) is 119. The smallest absolute Gasteiger partial charge is 0.235 e. The van der Waals surface area contributed by atoms with Crippen molar-refractivity contribution in [1.82, 2.24) is 48.2 Å². The van der Waals surface area contributed by atoms with E-state index in [0.717, 1.165) is 134 Å². The second kappa shape index (κ2) is 24.2. The lowest BCUT2D eigenvalue weighted by atomic mass is 9.98. The third kappa shape index (κ3) is 9.80. The minimum Gasteiger partial charge on any atom is -0.294 e. The monoisotopic (exact) mass is 1280 g/mol. The summed E-state index contributed by atoms with van der Waals surface area (Å²) in [4.78, 5) is 30.4. The molecule has 10 nitrogen and oxygen atoms in total. The fourth-order valence-electron chi connectivity index (χ4n) is 14.8. The van der Waals surface area contributed by atoms with E-state index in [0.29, 0.717) is 11.8 Å². The van der Waals surface area contributed by atoms with E-state index >= 15 is 0 Å². The zero-order chi connectivity index (χ0) is 66.0. The topological polar surface area (TPSA) is 97.1 Å². The minimum atomic E-state index is 0.640. The van der Waals surface area contributed by atoms with Crippen LogP contribution in [0.5, 0.6) is 0 Å². The molecule has 0 amide bonds. The Hall–Kier alpha value is -13.7. The molecule has 0 bridgehead atoms. The Labute approximate surface area is 575 Å². The van der Waals surface area contributed by atoms with Gasteiger partial charge in [0.05, 0.1) is 50.2 Å². The zero-order valence-corrected chi connectivity index (χ0v) is 54.0. The van der Waals surface area contributed by atoms with Gasteiger partial charge in [-0.3, -0.25) is 18.3 Å². The van der Waals surface area contributed by atoms with Gasteiger partial charge in [-0.25, -0.2) is 29.9 Å². The third-order valence-corrected chi connectivity index (χ3v) is 19.2. The molecule has 100 heavy (non-hydrogen) atoms. The van der Waals surface area contributed by atoms with E-state index < -0.39 is 0 Å². The van der Waals surface area contributed by atoms with Gasteiger partial charge in [0, 0.05) is 95.2 Å². The van der Waals surface area contributed by atoms with E-state index in [2.05, 4.69) is 297 Å². The average molecular weight is 1280 g/mol. The van der Waals surface area contributed by atoms with Gasteiger partial charge in [-0.1, -0.05) is 231 Å². The Morgan fingerprint density at radius 1 is 0.220 bits per heavy atom. The van der Waals surface area contributed by atoms with Crippen LogP contribution >= 0.6 is 0 Å². The van der Waals surface area contributed by atoms with Crippen molar-refractivity contribution in [2.45, 2.75) is 0 Å². The normalized spacial score (nSPS) is 11.6. The minimum absolute atomic E-state index is 0.640. The lowest BCUT2D eigenvalue weighted by Crippen LogP contribution is -2.04. The predicted molar refractivity (Wildman–Crippen MR) is 410 cm³/mol. The number of para-hydroxylation sites is 4. The van der Waals surface area contributed by atoms with Crippen LogP contribution in [0, 0.1) is 0 Å². The molecule has 10 heteroatoms. The number of aromatic nitrogens is 10. The molecule has 0 aliphatic heterocycles. The summed E-state index contributed by atoms with van der Waals surface area (Å²) in [6.07, 6.45) is 3.74. The van der Waals surface area contributed by atoms with Crippen LogP contribution in [0.15, 0.2) is 352 Å². The molecule has 468 valence electrons. The van der Waals surface area contributed by atoms with Crippen molar-refractivity contribution in [2.24, 2.45) is 0 Å². The zero-order valence-electron chi connectivity index (χ0n) is 54.0. The molecule has 12 aromatic carbocycles. The summed E-state index contributed by atoms with van der Waals surface area (Å²) in [5, 5.41) is 9.28. The molecule has 8 heterocycles. The molecule has 0 saturated heterocycles. The standard InChI is InChI=1S/2C45H29N5/c1-4-14-30(15-5-1)38-29-39(31-16-6-2-7-17-31)48-45(47-38)50-40-23-11-10-20-36(40)43-34(21-12-24-42(43)50)32-25-26-41-37(28-32)35-22-13-27-46-44(35)49(41)33-18-8-3-9-19-33;1-4-14-30(15-5-1)38-29-42(48-44(47-38)31-16-6-2-7-17-31)50-39-23-11-10-20-36(39)43-34(21-12-24-41(43)50)32-25-26-40-37(28-32)35-22-13-27-46-45(35)49(40)33-18-8-3-9-19-33/h2*1-29H. The summed E-state index contributed by atoms with van der Waals surface area (Å²) in [7, 11) is 0. The van der Waals surface area contributed by atoms with E-state index in [9.17, 15) is 0 Å². The van der Waals surface area contributed by atoms with Gasteiger partial charge in [0.15, 0.2) is 5.82 Å². The Morgan fingerprint density at radius 3 is 1.08 bits per heavy atom. The van der Waals surface area contributed by atoms with E-state index in [1.165, 1.54) is 32.5 Å². The fourth-order valence-corrected chi connectivity index (χ4v) is 14.8. The van der Waals surface area contributed by atoms with Crippen LogP contribution in [-0.2, 0) is 0 Å². The number of nitrogens with zero attached hydrogens (tertiary/aromatic N) is 10. The van der Waals surface area contributed by atoms with Gasteiger partial charge in [-0.2, -0.15) is 0 Å². The first-order valence-electron chi connectivity index (χ1n) is 33.6. The first kappa shape index (κ1) is 57.7. The molecule has 0 fully saturated rings. The molecule has 0 radical (unpaired) electrons. The van der Waals surface area contributed by atoms with E-state index in [1.807, 2.05) is 73.1 Å². The van der Waals surface area contributed by atoms with Gasteiger partial charge >= 0.3 is 0 Å². The summed E-state index contributed by atoms with van der Waals surface area (Å²) in [6.45, 7) is 0. The predicted octanol–water partition coefficient (Wildman–Crippen LogP) is 22.1. The van der Waals surface area contributed by atoms with Crippen LogP contribution in [0.25, 0.3) is 178 Å². The van der Waals surface area contributed by atoms with Gasteiger partial charge in [-0.05, 0) is 125 Å². The molecule has 0 unspecified atom stereocenters. The molecule has 0 saturated carbocycles. The quantitative estimate of drug-likeness (QED) is 0.135. The molecular formula is C90H58N10. The van der Waals surface area contributed by atoms with Crippen LogP contribution in [0.3, 0.4) is 0 Å². The van der Waals surface area contributed by atoms with Crippen molar-refractivity contribution >= 4 is 87.5 Å². The van der Waals surface area contributed by atoms with Crippen molar-refractivity contribution in [2.75, 3.05) is 0 Å². The van der Waals surface area contributed by atoms with Gasteiger partial charge < -0.3 is 0 Å². The highest BCUT2D eigenvalue weighted by Crippen LogP contribution is 2.44. The maximum atomic E-state index is 5.22. The van der Waals surface area contributed by atoms with Gasteiger partial charge in [0.1, 0.15) is 17.1 Å². The van der Waals surface area contributed by atoms with Crippen LogP contribution < -0.4 is 0 Å². The van der Waals surface area contributed by atoms with Crippen LogP contribution in [-0.4, -0.2) is 48.2 Å². The molecule has 0 aliphatic carbocycles. The Bertz CT molecular complexity index is 5990. The number of pyridine rings is 2. The van der Waals surface area contributed by atoms with Crippen LogP contribution in [0.4, 0.5) is 0 Å². The Balaban J connectivity index is 0.000000139. The van der Waals surface area contributed by atoms with Crippen molar-refractivity contribution in [3.63, 3.8) is 0 Å². The molecular weight excluding hydrogens is 1220 g/mol. The Kier molecular flexibility index (Phi) is 14.0. The summed E-state index contributed by atoms with van der Waals surface area (Å²) in [5.41, 5.74) is 22.0. The number of hydrogen-bond donors (Lipinski definition) is 0. The second-order valence-electron chi connectivity index (χ2n) is 25.0. The second-order valence-corrected chi connectivity index (χ2v) is 25.0. The molecule has 0 aliphatic rings. The lowest BCUT2D eigenvalue weighted by molar-refractivity contribution is 0.995. The fraction of sp³-hybridized carbons (Fsp3) is 0. The third-order valence-electron chi connectivity index (χ3n) is 19.2. The van der Waals surface area contributed by atoms with E-state index in [1.54, 1.807) is 0 Å². The largest absolute Gasteiger partial charge is 0.294 e. The molecule has 20 rings (SSSR count). The highest BCUT2D eigenvalue weighted by molar-refractivity contribution is 6.19. The summed E-state index contributed by atoms with van der Waals surface area (Å²) >= 11 is 0. The summed E-state index contributed by atoms with van der Waals surface area (Å²) in [5.74, 6) is 2.16. The Morgan fingerprint density at radius 2 is 0.600 bits per heavy atom. The SMILES string of the molecule is c1ccc(-c2cc(-c3ccccc3)nc(-n3c4ccccc4c4c(-c5ccc6c(c5)c5cccnc5n6-c5ccccc5)cccc43)n2)cc1.c1ccc(-c2cc(-n3c4ccccc4c4c(-c5ccc6c(c5)c5cccnc5n6-c5ccccc5)cccc43)nc(-c3ccccc3)n2)cc1. The lowest BCUT2D eigenvalue weighted by Gasteiger charge is -2.12. The maximum Gasteiger partial charge on any atom is 0.235 e. The van der Waals surface area contributed by atoms with Crippen molar-refractivity contribution in [1.29, 1.82) is 0 Å². The highest BCUT2D eigenvalue weighted by atomic mass is 15.2. The van der Waals surface area contributed by atoms with Gasteiger partial charge in [-0.15, -0.1) is 0 Å². The molecule has 8 aromatic heterocycles. The first-order valence-corrected chi connectivity index (χ1v) is 33.6. The number of fused-ring (bicyclic) bond motifs is 12. The average Bonchev–Trinajstić information content (AvgIpc) is 1.58. The molecule has 0 spiro atoms. The number of rotatable bonds is 10. The maximum absolute atomic E-state index is 5.22. The van der Waals surface area contributed by atoms with Gasteiger partial charge in [0.2, 0.25) is 5.95 Å². The molecule has 20 aromatic rings. The molecule has 0 atom stereocenters. The molecule has 0 N–H and O–H groups in total. The first-order chi connectivity index (χ1) is 49.6. The van der Waals surface area contributed by atoms with Crippen molar-refractivity contribution in [3.05, 3.63) is 352 Å². The highest BCUT2D eigenvalue weighted by Gasteiger charge is 2.24. The number of hydrogen-bond acceptors (Lipinski definition) is 6. The van der Waals surface area contributed by atoms with Gasteiger partial charge in [0.25, 0.3) is 0 Å². The number of benzene rings is 12. The van der Waals surface area contributed by atoms with E-state index in [-0.39, 0.29) is 0 Å². The van der Waals surface area contributed by atoms with Crippen LogP contribution in [0.1, 0.15) is 0 Å². The van der Waals surface area contributed by atoms with E-state index in [4.69, 9.17) is 29.9 Å². The van der Waals surface area contributed by atoms with Crippen LogP contribution in [0.2, 0.25) is 0 Å². The van der Waals surface area contributed by atoms with Crippen molar-refractivity contribution in [3.8, 4) is 90.6 Å². The summed E-state index contributed by atoms with van der Waals surface area (Å²) < 4.78 is 9.02. The van der Waals surface area contributed by atoms with Crippen molar-refractivity contribution < 1.29 is 0 Å².